The van der Waals surface area contributed by atoms with Crippen molar-refractivity contribution in [2.75, 3.05) is 26.2 Å². The maximum absolute atomic E-state index is 13.7. The van der Waals surface area contributed by atoms with Gasteiger partial charge in [0, 0.05) is 35.5 Å². The van der Waals surface area contributed by atoms with Crippen molar-refractivity contribution >= 4 is 27.3 Å². The molecular formula is C15H16BrFN2S. The Morgan fingerprint density at radius 1 is 1.25 bits per heavy atom. The van der Waals surface area contributed by atoms with E-state index in [9.17, 15) is 4.39 Å². The monoisotopic (exact) mass is 354 g/mol. The molecule has 0 saturated carbocycles. The molecule has 0 amide bonds. The summed E-state index contributed by atoms with van der Waals surface area (Å²) < 4.78 is 14.6. The summed E-state index contributed by atoms with van der Waals surface area (Å²) in [6.45, 7) is 3.92. The first-order chi connectivity index (χ1) is 9.75. The number of halogens is 2. The van der Waals surface area contributed by atoms with E-state index in [-0.39, 0.29) is 11.9 Å². The van der Waals surface area contributed by atoms with Crippen molar-refractivity contribution in [3.8, 4) is 0 Å². The molecule has 1 aliphatic rings. The number of piperazine rings is 1. The molecule has 2 aromatic rings. The van der Waals surface area contributed by atoms with E-state index in [1.165, 1.54) is 10.9 Å². The van der Waals surface area contributed by atoms with Gasteiger partial charge < -0.3 is 5.32 Å². The lowest BCUT2D eigenvalue weighted by molar-refractivity contribution is 0.200. The molecule has 0 bridgehead atoms. The van der Waals surface area contributed by atoms with Gasteiger partial charge in [-0.25, -0.2) is 4.39 Å². The molecule has 1 aromatic heterocycles. The Kier molecular flexibility index (Phi) is 4.51. The Bertz CT molecular complexity index is 567. The Hall–Kier alpha value is -0.750. The van der Waals surface area contributed by atoms with E-state index < -0.39 is 0 Å². The second kappa shape index (κ2) is 6.35. The average Bonchev–Trinajstić information content (AvgIpc) is 2.98. The fourth-order valence-corrected chi connectivity index (χ4v) is 3.98. The number of hydrogen-bond acceptors (Lipinski definition) is 3. The number of rotatable bonds is 3. The molecule has 2 heterocycles. The van der Waals surface area contributed by atoms with Crippen LogP contribution in [0.3, 0.4) is 0 Å². The number of nitrogens with zero attached hydrogens (tertiary/aromatic N) is 1. The van der Waals surface area contributed by atoms with Crippen molar-refractivity contribution in [2.45, 2.75) is 6.04 Å². The normalized spacial score (nSPS) is 18.1. The molecule has 1 aromatic carbocycles. The van der Waals surface area contributed by atoms with Gasteiger partial charge in [0.1, 0.15) is 5.82 Å². The van der Waals surface area contributed by atoms with E-state index in [0.29, 0.717) is 0 Å². The maximum atomic E-state index is 13.7. The lowest BCUT2D eigenvalue weighted by Gasteiger charge is -2.35. The highest BCUT2D eigenvalue weighted by molar-refractivity contribution is 9.10. The summed E-state index contributed by atoms with van der Waals surface area (Å²) in [7, 11) is 0. The van der Waals surface area contributed by atoms with Crippen molar-refractivity contribution in [3.63, 3.8) is 0 Å². The molecule has 0 unspecified atom stereocenters. The topological polar surface area (TPSA) is 15.3 Å². The molecule has 0 radical (unpaired) electrons. The van der Waals surface area contributed by atoms with Crippen LogP contribution in [0.15, 0.2) is 40.2 Å². The van der Waals surface area contributed by atoms with Crippen molar-refractivity contribution in [2.24, 2.45) is 0 Å². The zero-order valence-corrected chi connectivity index (χ0v) is 13.4. The molecule has 1 fully saturated rings. The average molecular weight is 355 g/mol. The molecule has 0 spiro atoms. The Balaban J connectivity index is 2.02. The molecule has 1 aliphatic heterocycles. The van der Waals surface area contributed by atoms with Gasteiger partial charge in [0.2, 0.25) is 0 Å². The van der Waals surface area contributed by atoms with Gasteiger partial charge in [-0.15, -0.1) is 11.3 Å². The number of benzene rings is 1. The van der Waals surface area contributed by atoms with E-state index in [4.69, 9.17) is 0 Å². The minimum Gasteiger partial charge on any atom is -0.314 e. The van der Waals surface area contributed by atoms with Crippen molar-refractivity contribution in [3.05, 3.63) is 56.4 Å². The predicted molar refractivity (Wildman–Crippen MR) is 84.7 cm³/mol. The maximum Gasteiger partial charge on any atom is 0.123 e. The number of nitrogens with one attached hydrogen (secondary N) is 1. The standard InChI is InChI=1S/C15H16BrFN2S/c16-13-4-3-11(17)10-12(13)15(14-2-1-9-20-14)19-7-5-18-6-8-19/h1-4,9-10,15,18H,5-8H2/t15-/m0/s1. The zero-order valence-electron chi connectivity index (χ0n) is 11.0. The number of thiophene rings is 1. The second-order valence-electron chi connectivity index (χ2n) is 4.87. The van der Waals surface area contributed by atoms with Crippen molar-refractivity contribution in [1.82, 2.24) is 10.2 Å². The zero-order chi connectivity index (χ0) is 13.9. The van der Waals surface area contributed by atoms with E-state index >= 15 is 0 Å². The fraction of sp³-hybridized carbons (Fsp3) is 0.333. The highest BCUT2D eigenvalue weighted by Crippen LogP contribution is 2.36. The first-order valence-corrected chi connectivity index (χ1v) is 8.36. The summed E-state index contributed by atoms with van der Waals surface area (Å²) in [6, 6.07) is 9.26. The Morgan fingerprint density at radius 3 is 2.75 bits per heavy atom. The summed E-state index contributed by atoms with van der Waals surface area (Å²) in [5, 5.41) is 5.45. The lowest BCUT2D eigenvalue weighted by Crippen LogP contribution is -2.45. The lowest BCUT2D eigenvalue weighted by atomic mass is 10.0. The van der Waals surface area contributed by atoms with Gasteiger partial charge in [-0.3, -0.25) is 4.90 Å². The Labute approximate surface area is 130 Å². The quantitative estimate of drug-likeness (QED) is 0.904. The third-order valence-corrected chi connectivity index (χ3v) is 5.23. The highest BCUT2D eigenvalue weighted by Gasteiger charge is 2.26. The van der Waals surface area contributed by atoms with Crippen LogP contribution >= 0.6 is 27.3 Å². The van der Waals surface area contributed by atoms with Crippen LogP contribution in [0.1, 0.15) is 16.5 Å². The third-order valence-electron chi connectivity index (χ3n) is 3.58. The van der Waals surface area contributed by atoms with E-state index in [2.05, 4.69) is 43.7 Å². The molecule has 1 N–H and O–H groups in total. The SMILES string of the molecule is Fc1ccc(Br)c([C@@H](c2cccs2)N2CCNCC2)c1. The highest BCUT2D eigenvalue weighted by atomic mass is 79.9. The summed E-state index contributed by atoms with van der Waals surface area (Å²) in [5.41, 5.74) is 1.01. The molecule has 106 valence electrons. The van der Waals surface area contributed by atoms with Crippen LogP contribution in [0.5, 0.6) is 0 Å². The van der Waals surface area contributed by atoms with Gasteiger partial charge in [-0.2, -0.15) is 0 Å². The fourth-order valence-electron chi connectivity index (χ4n) is 2.64. The summed E-state index contributed by atoms with van der Waals surface area (Å²) >= 11 is 5.31. The van der Waals surface area contributed by atoms with Gasteiger partial charge >= 0.3 is 0 Å². The van der Waals surface area contributed by atoms with Crippen LogP contribution < -0.4 is 5.32 Å². The molecule has 0 aliphatic carbocycles. The number of hydrogen-bond donors (Lipinski definition) is 1. The van der Waals surface area contributed by atoms with Gasteiger partial charge in [-0.05, 0) is 35.2 Å². The molecular weight excluding hydrogens is 339 g/mol. The van der Waals surface area contributed by atoms with Crippen LogP contribution in [0.4, 0.5) is 4.39 Å². The van der Waals surface area contributed by atoms with Crippen LogP contribution in [0.2, 0.25) is 0 Å². The van der Waals surface area contributed by atoms with Gasteiger partial charge in [-0.1, -0.05) is 22.0 Å². The van der Waals surface area contributed by atoms with Crippen molar-refractivity contribution < 1.29 is 4.39 Å². The summed E-state index contributed by atoms with van der Waals surface area (Å²) in [4.78, 5) is 3.68. The van der Waals surface area contributed by atoms with E-state index in [0.717, 1.165) is 36.2 Å². The molecule has 5 heteroatoms. The third kappa shape index (κ3) is 2.96. The predicted octanol–water partition coefficient (Wildman–Crippen LogP) is 3.64. The molecule has 1 atom stereocenters. The first-order valence-electron chi connectivity index (χ1n) is 6.69. The van der Waals surface area contributed by atoms with Crippen LogP contribution in [0, 0.1) is 5.82 Å². The van der Waals surface area contributed by atoms with E-state index in [1.807, 2.05) is 0 Å². The minimum absolute atomic E-state index is 0.127. The molecule has 1 saturated heterocycles. The largest absolute Gasteiger partial charge is 0.314 e. The van der Waals surface area contributed by atoms with Crippen molar-refractivity contribution in [1.29, 1.82) is 0 Å². The van der Waals surface area contributed by atoms with Gasteiger partial charge in [0.15, 0.2) is 0 Å². The summed E-state index contributed by atoms with van der Waals surface area (Å²) in [5.74, 6) is -0.181. The van der Waals surface area contributed by atoms with Crippen LogP contribution in [0.25, 0.3) is 0 Å². The smallest absolute Gasteiger partial charge is 0.123 e. The Morgan fingerprint density at radius 2 is 2.05 bits per heavy atom. The van der Waals surface area contributed by atoms with Gasteiger partial charge in [0.05, 0.1) is 6.04 Å². The molecule has 2 nitrogen and oxygen atoms in total. The van der Waals surface area contributed by atoms with Crippen LogP contribution in [-0.4, -0.2) is 31.1 Å². The first kappa shape index (κ1) is 14.2. The van der Waals surface area contributed by atoms with E-state index in [1.54, 1.807) is 23.5 Å². The summed E-state index contributed by atoms with van der Waals surface area (Å²) in [6.07, 6.45) is 0. The minimum atomic E-state index is -0.181. The molecule has 3 rings (SSSR count). The van der Waals surface area contributed by atoms with Gasteiger partial charge in [0.25, 0.3) is 0 Å². The van der Waals surface area contributed by atoms with Crippen LogP contribution in [-0.2, 0) is 0 Å². The molecule has 20 heavy (non-hydrogen) atoms. The second-order valence-corrected chi connectivity index (χ2v) is 6.70.